The minimum absolute atomic E-state index is 0.0173. The first-order valence-corrected chi connectivity index (χ1v) is 9.43. The Morgan fingerprint density at radius 3 is 2.85 bits per heavy atom. The van der Waals surface area contributed by atoms with Gasteiger partial charge in [-0.1, -0.05) is 6.07 Å². The van der Waals surface area contributed by atoms with Crippen molar-refractivity contribution in [1.82, 2.24) is 14.9 Å². The Hall–Kier alpha value is -2.31. The molecule has 0 aromatic carbocycles. The second-order valence-corrected chi connectivity index (χ2v) is 7.58. The van der Waals surface area contributed by atoms with Gasteiger partial charge in [-0.25, -0.2) is 0 Å². The number of amides is 1. The molecule has 0 aliphatic carbocycles. The van der Waals surface area contributed by atoms with Crippen LogP contribution in [0, 0.1) is 13.8 Å². The average molecular weight is 367 g/mol. The van der Waals surface area contributed by atoms with Crippen LogP contribution in [0.1, 0.15) is 40.3 Å². The van der Waals surface area contributed by atoms with Gasteiger partial charge in [0.2, 0.25) is 0 Å². The Morgan fingerprint density at radius 2 is 2.11 bits per heavy atom. The van der Waals surface area contributed by atoms with Gasteiger partial charge in [0.1, 0.15) is 5.60 Å². The molecule has 2 aromatic heterocycles. The van der Waals surface area contributed by atoms with Crippen LogP contribution in [0.3, 0.4) is 0 Å². The molecule has 1 spiro atoms. The highest BCUT2D eigenvalue weighted by Gasteiger charge is 2.49. The lowest BCUT2D eigenvalue weighted by Gasteiger charge is -2.53. The molecule has 0 saturated carbocycles. The highest BCUT2D eigenvalue weighted by atomic mass is 16.5. The molecule has 2 saturated heterocycles. The van der Waals surface area contributed by atoms with E-state index in [-0.39, 0.29) is 17.6 Å². The fourth-order valence-corrected chi connectivity index (χ4v) is 3.80. The number of aromatic nitrogens is 2. The van der Waals surface area contributed by atoms with Crippen LogP contribution in [0.5, 0.6) is 0 Å². The largest absolute Gasteiger partial charge is 0.372 e. The number of carbonyl (C=O) groups is 1. The van der Waals surface area contributed by atoms with Crippen LogP contribution in [0.15, 0.2) is 36.5 Å². The van der Waals surface area contributed by atoms with Crippen molar-refractivity contribution in [2.24, 2.45) is 0 Å². The van der Waals surface area contributed by atoms with Crippen molar-refractivity contribution in [1.29, 1.82) is 0 Å². The van der Waals surface area contributed by atoms with E-state index in [0.717, 1.165) is 29.9 Å². The predicted molar refractivity (Wildman–Crippen MR) is 100 cm³/mol. The van der Waals surface area contributed by atoms with Gasteiger partial charge in [0.25, 0.3) is 5.91 Å². The minimum Gasteiger partial charge on any atom is -0.372 e. The summed E-state index contributed by atoms with van der Waals surface area (Å²) in [5.74, 6) is 0.0173. The Bertz CT molecular complexity index is 816. The molecule has 0 unspecified atom stereocenters. The molecule has 6 heteroatoms. The first kappa shape index (κ1) is 18.1. The van der Waals surface area contributed by atoms with Gasteiger partial charge in [-0.05, 0) is 44.5 Å². The van der Waals surface area contributed by atoms with Gasteiger partial charge in [-0.2, -0.15) is 0 Å². The molecule has 2 aliphatic rings. The molecule has 0 bridgehead atoms. The quantitative estimate of drug-likeness (QED) is 0.831. The number of nitrogens with zero attached hydrogens (tertiary/aromatic N) is 3. The highest BCUT2D eigenvalue weighted by Crippen LogP contribution is 2.36. The first-order valence-electron chi connectivity index (χ1n) is 9.43. The third kappa shape index (κ3) is 4.01. The van der Waals surface area contributed by atoms with Crippen LogP contribution in [0.25, 0.3) is 0 Å². The number of likely N-dealkylation sites (tertiary alicyclic amines) is 1. The molecule has 142 valence electrons. The standard InChI is InChI=1S/C21H25N3O3/c1-15-6-7-17(11-22-15)20(25)24-13-21(14-24)10-19(8-9-27-21)26-12-18-5-3-4-16(2)23-18/h3-7,11,19H,8-10,12-14H2,1-2H3/t19-/m1/s1. The Balaban J connectivity index is 1.31. The van der Waals surface area contributed by atoms with Gasteiger partial charge >= 0.3 is 0 Å². The van der Waals surface area contributed by atoms with Crippen LogP contribution < -0.4 is 0 Å². The predicted octanol–water partition coefficient (Wildman–Crippen LogP) is 2.68. The van der Waals surface area contributed by atoms with Crippen molar-refractivity contribution >= 4 is 5.91 Å². The van der Waals surface area contributed by atoms with E-state index in [1.54, 1.807) is 6.20 Å². The second kappa shape index (κ2) is 7.37. The lowest BCUT2D eigenvalue weighted by molar-refractivity contribution is -0.188. The van der Waals surface area contributed by atoms with E-state index in [9.17, 15) is 4.79 Å². The van der Waals surface area contributed by atoms with E-state index < -0.39 is 0 Å². The molecule has 4 heterocycles. The fraction of sp³-hybridized carbons (Fsp3) is 0.476. The van der Waals surface area contributed by atoms with E-state index in [0.29, 0.717) is 31.9 Å². The van der Waals surface area contributed by atoms with Crippen molar-refractivity contribution in [3.05, 3.63) is 59.2 Å². The lowest BCUT2D eigenvalue weighted by atomic mass is 9.84. The SMILES string of the molecule is Cc1ccc(C(=O)N2CC3(C[C@H](OCc4cccc(C)n4)CCO3)C2)cn1. The maximum absolute atomic E-state index is 12.6. The minimum atomic E-state index is -0.267. The normalized spacial score (nSPS) is 21.1. The molecule has 1 amide bonds. The lowest BCUT2D eigenvalue weighted by Crippen LogP contribution is -2.67. The summed E-state index contributed by atoms with van der Waals surface area (Å²) in [7, 11) is 0. The zero-order valence-corrected chi connectivity index (χ0v) is 15.9. The van der Waals surface area contributed by atoms with E-state index in [1.165, 1.54) is 0 Å². The van der Waals surface area contributed by atoms with Gasteiger partial charge in [-0.3, -0.25) is 14.8 Å². The zero-order chi connectivity index (χ0) is 18.9. The number of hydrogen-bond donors (Lipinski definition) is 0. The summed E-state index contributed by atoms with van der Waals surface area (Å²) < 4.78 is 12.1. The van der Waals surface area contributed by atoms with Crippen molar-refractivity contribution in [2.45, 2.75) is 45.0 Å². The average Bonchev–Trinajstić information content (AvgIpc) is 2.65. The zero-order valence-electron chi connectivity index (χ0n) is 15.9. The third-order valence-corrected chi connectivity index (χ3v) is 5.26. The summed E-state index contributed by atoms with van der Waals surface area (Å²) in [6.45, 7) is 6.30. The number of pyridine rings is 2. The van der Waals surface area contributed by atoms with Crippen LogP contribution in [0.4, 0.5) is 0 Å². The number of rotatable bonds is 4. The molecular weight excluding hydrogens is 342 g/mol. The van der Waals surface area contributed by atoms with E-state index in [2.05, 4.69) is 9.97 Å². The topological polar surface area (TPSA) is 64.6 Å². The number of hydrogen-bond acceptors (Lipinski definition) is 5. The third-order valence-electron chi connectivity index (χ3n) is 5.26. The van der Waals surface area contributed by atoms with Gasteiger partial charge in [0.05, 0.1) is 37.1 Å². The fourth-order valence-electron chi connectivity index (χ4n) is 3.80. The Kier molecular flexibility index (Phi) is 4.93. The number of aryl methyl sites for hydroxylation is 2. The van der Waals surface area contributed by atoms with E-state index in [1.807, 2.05) is 49.1 Å². The van der Waals surface area contributed by atoms with Gasteiger partial charge in [-0.15, -0.1) is 0 Å². The van der Waals surface area contributed by atoms with Crippen LogP contribution >= 0.6 is 0 Å². The highest BCUT2D eigenvalue weighted by molar-refractivity contribution is 5.94. The van der Waals surface area contributed by atoms with Gasteiger partial charge in [0.15, 0.2) is 0 Å². The summed E-state index contributed by atoms with van der Waals surface area (Å²) in [5.41, 5.74) is 3.22. The molecule has 0 N–H and O–H groups in total. The Morgan fingerprint density at radius 1 is 1.26 bits per heavy atom. The second-order valence-electron chi connectivity index (χ2n) is 7.58. The molecule has 27 heavy (non-hydrogen) atoms. The molecule has 1 atom stereocenters. The smallest absolute Gasteiger partial charge is 0.255 e. The number of ether oxygens (including phenoxy) is 2. The summed E-state index contributed by atoms with van der Waals surface area (Å²) in [6, 6.07) is 9.67. The Labute approximate surface area is 159 Å². The maximum atomic E-state index is 12.6. The van der Waals surface area contributed by atoms with Crippen molar-refractivity contribution in [3.63, 3.8) is 0 Å². The van der Waals surface area contributed by atoms with Crippen molar-refractivity contribution in [2.75, 3.05) is 19.7 Å². The van der Waals surface area contributed by atoms with Crippen LogP contribution in [-0.4, -0.2) is 52.2 Å². The van der Waals surface area contributed by atoms with Crippen molar-refractivity contribution < 1.29 is 14.3 Å². The molecule has 2 fully saturated rings. The van der Waals surface area contributed by atoms with E-state index >= 15 is 0 Å². The summed E-state index contributed by atoms with van der Waals surface area (Å²) in [5, 5.41) is 0. The first-order chi connectivity index (χ1) is 13.0. The molecule has 2 aromatic rings. The summed E-state index contributed by atoms with van der Waals surface area (Å²) >= 11 is 0. The molecule has 4 rings (SSSR count). The monoisotopic (exact) mass is 367 g/mol. The van der Waals surface area contributed by atoms with Gasteiger partial charge < -0.3 is 14.4 Å². The molecule has 6 nitrogen and oxygen atoms in total. The van der Waals surface area contributed by atoms with E-state index in [4.69, 9.17) is 9.47 Å². The van der Waals surface area contributed by atoms with Crippen LogP contribution in [0.2, 0.25) is 0 Å². The van der Waals surface area contributed by atoms with Crippen molar-refractivity contribution in [3.8, 4) is 0 Å². The maximum Gasteiger partial charge on any atom is 0.255 e. The summed E-state index contributed by atoms with van der Waals surface area (Å²) in [6.07, 6.45) is 3.47. The van der Waals surface area contributed by atoms with Crippen LogP contribution in [-0.2, 0) is 16.1 Å². The van der Waals surface area contributed by atoms with Gasteiger partial charge in [0, 0.05) is 30.6 Å². The molecule has 0 radical (unpaired) electrons. The number of carbonyl (C=O) groups excluding carboxylic acids is 1. The molecule has 2 aliphatic heterocycles. The molecular formula is C21H25N3O3. The summed E-state index contributed by atoms with van der Waals surface area (Å²) in [4.78, 5) is 23.1.